The largest absolute Gasteiger partial charge is 0.299 e. The van der Waals surface area contributed by atoms with E-state index < -0.39 is 5.82 Å². The second kappa shape index (κ2) is 5.40. The molecule has 0 saturated heterocycles. The van der Waals surface area contributed by atoms with E-state index in [1.54, 1.807) is 6.07 Å². The van der Waals surface area contributed by atoms with Gasteiger partial charge in [0.05, 0.1) is 5.02 Å². The fourth-order valence-electron chi connectivity index (χ4n) is 2.66. The van der Waals surface area contributed by atoms with Crippen LogP contribution in [0.4, 0.5) is 4.39 Å². The van der Waals surface area contributed by atoms with Crippen LogP contribution in [0.5, 0.6) is 0 Å². The third kappa shape index (κ3) is 2.92. The van der Waals surface area contributed by atoms with Gasteiger partial charge in [0.1, 0.15) is 11.6 Å². The molecule has 1 aliphatic carbocycles. The van der Waals surface area contributed by atoms with E-state index in [-0.39, 0.29) is 16.2 Å². The molecule has 1 aromatic carbocycles. The summed E-state index contributed by atoms with van der Waals surface area (Å²) in [7, 11) is 0. The maximum atomic E-state index is 13.3. The van der Waals surface area contributed by atoms with Gasteiger partial charge < -0.3 is 0 Å². The Balaban J connectivity index is 2.08. The van der Waals surface area contributed by atoms with E-state index in [9.17, 15) is 9.18 Å². The van der Waals surface area contributed by atoms with Crippen molar-refractivity contribution in [3.63, 3.8) is 0 Å². The Morgan fingerprint density at radius 3 is 2.61 bits per heavy atom. The van der Waals surface area contributed by atoms with Gasteiger partial charge in [-0.25, -0.2) is 4.39 Å². The van der Waals surface area contributed by atoms with Crippen molar-refractivity contribution in [1.29, 1.82) is 0 Å². The molecule has 0 aromatic heterocycles. The number of benzene rings is 1. The number of hydrogen-bond acceptors (Lipinski definition) is 1. The molecular weight excluding hydrogens is 251 g/mol. The highest BCUT2D eigenvalue weighted by atomic mass is 35.5. The minimum atomic E-state index is -0.448. The number of rotatable bonds is 3. The quantitative estimate of drug-likeness (QED) is 0.785. The lowest BCUT2D eigenvalue weighted by atomic mass is 9.71. The zero-order valence-corrected chi connectivity index (χ0v) is 11.4. The third-order valence-corrected chi connectivity index (χ3v) is 4.29. The summed E-state index contributed by atoms with van der Waals surface area (Å²) in [6.07, 6.45) is 5.70. The van der Waals surface area contributed by atoms with E-state index in [0.717, 1.165) is 25.7 Å². The molecule has 0 atom stereocenters. The van der Waals surface area contributed by atoms with Crippen LogP contribution < -0.4 is 0 Å². The fraction of sp³-hybridized carbons (Fsp3) is 0.533. The maximum absolute atomic E-state index is 13.3. The van der Waals surface area contributed by atoms with Gasteiger partial charge in [0, 0.05) is 11.8 Å². The van der Waals surface area contributed by atoms with Gasteiger partial charge in [-0.3, -0.25) is 4.79 Å². The van der Waals surface area contributed by atoms with Crippen LogP contribution in [0.15, 0.2) is 18.2 Å². The Hall–Kier alpha value is -0.890. The van der Waals surface area contributed by atoms with Crippen LogP contribution in [0.3, 0.4) is 0 Å². The molecule has 0 heterocycles. The predicted octanol–water partition coefficient (Wildman–Crippen LogP) is 4.56. The summed E-state index contributed by atoms with van der Waals surface area (Å²) >= 11 is 5.63. The molecule has 0 unspecified atom stereocenters. The van der Waals surface area contributed by atoms with Gasteiger partial charge in [-0.2, -0.15) is 0 Å². The number of carbonyl (C=O) groups is 1. The van der Waals surface area contributed by atoms with Crippen LogP contribution in [0.1, 0.15) is 44.6 Å². The Bertz CT molecular complexity index is 450. The highest BCUT2D eigenvalue weighted by Crippen LogP contribution is 2.37. The van der Waals surface area contributed by atoms with E-state index in [0.29, 0.717) is 12.0 Å². The number of ketones is 1. The lowest BCUT2D eigenvalue weighted by Crippen LogP contribution is -2.31. The van der Waals surface area contributed by atoms with Gasteiger partial charge in [-0.15, -0.1) is 0 Å². The van der Waals surface area contributed by atoms with Gasteiger partial charge in [0.2, 0.25) is 0 Å². The molecule has 3 heteroatoms. The van der Waals surface area contributed by atoms with Crippen LogP contribution >= 0.6 is 11.6 Å². The molecule has 0 bridgehead atoms. The van der Waals surface area contributed by atoms with Crippen LogP contribution in [0, 0.1) is 11.2 Å². The van der Waals surface area contributed by atoms with Crippen molar-refractivity contribution in [2.24, 2.45) is 5.41 Å². The van der Waals surface area contributed by atoms with E-state index in [1.165, 1.54) is 18.6 Å². The molecule has 0 radical (unpaired) electrons. The summed E-state index contributed by atoms with van der Waals surface area (Å²) in [6.45, 7) is 2.04. The molecule has 0 N–H and O–H groups in total. The van der Waals surface area contributed by atoms with Gasteiger partial charge in [0.15, 0.2) is 0 Å². The SMILES string of the molecule is CC1(C(=O)Cc2ccc(Cl)c(F)c2)CCCCC1. The second-order valence-corrected chi connectivity index (χ2v) is 5.88. The van der Waals surface area contributed by atoms with E-state index in [4.69, 9.17) is 11.6 Å². The van der Waals surface area contributed by atoms with Crippen molar-refractivity contribution in [3.05, 3.63) is 34.6 Å². The molecule has 0 amide bonds. The molecule has 2 rings (SSSR count). The van der Waals surface area contributed by atoms with Crippen molar-refractivity contribution >= 4 is 17.4 Å². The molecule has 0 aliphatic heterocycles. The van der Waals surface area contributed by atoms with Crippen LogP contribution in [0.2, 0.25) is 5.02 Å². The Morgan fingerprint density at radius 1 is 1.33 bits per heavy atom. The monoisotopic (exact) mass is 268 g/mol. The molecule has 0 spiro atoms. The zero-order valence-electron chi connectivity index (χ0n) is 10.6. The first kappa shape index (κ1) is 13.5. The normalized spacial score (nSPS) is 18.6. The second-order valence-electron chi connectivity index (χ2n) is 5.47. The molecule has 1 nitrogen and oxygen atoms in total. The smallest absolute Gasteiger partial charge is 0.143 e. The molecular formula is C15H18ClFO. The summed E-state index contributed by atoms with van der Waals surface area (Å²) in [4.78, 5) is 12.3. The molecule has 18 heavy (non-hydrogen) atoms. The molecule has 1 aliphatic rings. The standard InChI is InChI=1S/C15H18ClFO/c1-15(7-3-2-4-8-15)14(18)10-11-5-6-12(16)13(17)9-11/h5-6,9H,2-4,7-8,10H2,1H3. The van der Waals surface area contributed by atoms with Crippen molar-refractivity contribution in [3.8, 4) is 0 Å². The first-order valence-corrected chi connectivity index (χ1v) is 6.86. The first-order chi connectivity index (χ1) is 8.51. The number of carbonyl (C=O) groups excluding carboxylic acids is 1. The molecule has 1 aromatic rings. The Morgan fingerprint density at radius 2 is 2.00 bits per heavy atom. The van der Waals surface area contributed by atoms with Gasteiger partial charge >= 0.3 is 0 Å². The van der Waals surface area contributed by atoms with Crippen LogP contribution in [-0.4, -0.2) is 5.78 Å². The maximum Gasteiger partial charge on any atom is 0.143 e. The summed E-state index contributed by atoms with van der Waals surface area (Å²) in [5.41, 5.74) is 0.502. The average molecular weight is 269 g/mol. The number of halogens is 2. The van der Waals surface area contributed by atoms with E-state index in [2.05, 4.69) is 0 Å². The Kier molecular flexibility index (Phi) is 4.06. The molecule has 98 valence electrons. The highest BCUT2D eigenvalue weighted by Gasteiger charge is 2.33. The van der Waals surface area contributed by atoms with Crippen molar-refractivity contribution in [1.82, 2.24) is 0 Å². The summed E-state index contributed by atoms with van der Waals surface area (Å²) < 4.78 is 13.3. The van der Waals surface area contributed by atoms with E-state index >= 15 is 0 Å². The van der Waals surface area contributed by atoms with Crippen LogP contribution in [0.25, 0.3) is 0 Å². The average Bonchev–Trinajstić information content (AvgIpc) is 2.35. The minimum Gasteiger partial charge on any atom is -0.299 e. The first-order valence-electron chi connectivity index (χ1n) is 6.48. The van der Waals surface area contributed by atoms with Gasteiger partial charge in [0.25, 0.3) is 0 Å². The van der Waals surface area contributed by atoms with Gasteiger partial charge in [-0.05, 0) is 30.5 Å². The predicted molar refractivity (Wildman–Crippen MR) is 71.3 cm³/mol. The van der Waals surface area contributed by atoms with Crippen molar-refractivity contribution < 1.29 is 9.18 Å². The number of hydrogen-bond donors (Lipinski definition) is 0. The number of Topliss-reactive ketones (excluding diaryl/α,β-unsaturated/α-hetero) is 1. The minimum absolute atomic E-state index is 0.107. The zero-order chi connectivity index (χ0) is 13.2. The lowest BCUT2D eigenvalue weighted by molar-refractivity contribution is -0.128. The van der Waals surface area contributed by atoms with Crippen molar-refractivity contribution in [2.75, 3.05) is 0 Å². The Labute approximate surface area is 112 Å². The van der Waals surface area contributed by atoms with Gasteiger partial charge in [-0.1, -0.05) is 43.9 Å². The summed E-state index contributed by atoms with van der Waals surface area (Å²) in [6, 6.07) is 4.62. The summed E-state index contributed by atoms with van der Waals surface area (Å²) in [5.74, 6) is -0.223. The molecule has 1 saturated carbocycles. The highest BCUT2D eigenvalue weighted by molar-refractivity contribution is 6.30. The van der Waals surface area contributed by atoms with Crippen LogP contribution in [-0.2, 0) is 11.2 Å². The van der Waals surface area contributed by atoms with E-state index in [1.807, 2.05) is 6.92 Å². The third-order valence-electron chi connectivity index (χ3n) is 3.98. The van der Waals surface area contributed by atoms with Crippen molar-refractivity contribution in [2.45, 2.75) is 45.4 Å². The molecule has 1 fully saturated rings. The lowest BCUT2D eigenvalue weighted by Gasteiger charge is -2.32. The summed E-state index contributed by atoms with van der Waals surface area (Å²) in [5, 5.41) is 0.107. The topological polar surface area (TPSA) is 17.1 Å². The fourth-order valence-corrected chi connectivity index (χ4v) is 2.78.